The van der Waals surface area contributed by atoms with Crippen LogP contribution in [0, 0.1) is 34.5 Å². The SMILES string of the molecule is C[C@H]([C@H]1C[C@]2(C)O[C@@]2(C)[C@@H](O[C@@H]2O[C@H](CO)[C@@H](O)[C@H](O)[C@H]2O)O1)[C@@]1(O)CC[C@H]2[C@@H]3CC=C4CC=CC(=O)[C@]4(C)[C@H]3CC[C@@]21C. The Bertz CT molecular complexity index is 1250. The molecule has 0 unspecified atom stereocenters. The molecule has 7 rings (SSSR count). The molecule has 3 heterocycles. The first-order valence-corrected chi connectivity index (χ1v) is 16.6. The highest BCUT2D eigenvalue weighted by atomic mass is 16.8. The summed E-state index contributed by atoms with van der Waals surface area (Å²) in [5.74, 6) is 0.838. The molecular weight excluding hydrogens is 568 g/mol. The highest BCUT2D eigenvalue weighted by molar-refractivity contribution is 5.98. The van der Waals surface area contributed by atoms with Crippen LogP contribution in [0.4, 0.5) is 0 Å². The Kier molecular flexibility index (Phi) is 7.24. The minimum Gasteiger partial charge on any atom is -0.394 e. The van der Waals surface area contributed by atoms with Gasteiger partial charge >= 0.3 is 0 Å². The fraction of sp³-hybridized carbons (Fsp3) is 0.853. The van der Waals surface area contributed by atoms with Gasteiger partial charge in [0.25, 0.3) is 0 Å². The fourth-order valence-corrected chi connectivity index (χ4v) is 10.7. The third kappa shape index (κ3) is 4.02. The van der Waals surface area contributed by atoms with Crippen LogP contribution in [0.3, 0.4) is 0 Å². The normalized spacial score (nSPS) is 57.0. The monoisotopic (exact) mass is 618 g/mol. The molecule has 0 radical (unpaired) electrons. The van der Waals surface area contributed by atoms with Crippen molar-refractivity contribution in [3.05, 3.63) is 23.8 Å². The molecule has 10 nitrogen and oxygen atoms in total. The Balaban J connectivity index is 1.12. The Labute approximate surface area is 259 Å². The van der Waals surface area contributed by atoms with E-state index < -0.39 is 71.9 Å². The van der Waals surface area contributed by atoms with E-state index >= 15 is 0 Å². The molecule has 2 saturated carbocycles. The third-order valence-corrected chi connectivity index (χ3v) is 14.0. The Morgan fingerprint density at radius 3 is 2.48 bits per heavy atom. The van der Waals surface area contributed by atoms with Gasteiger partial charge in [-0.05, 0) is 88.5 Å². The topological polar surface area (TPSA) is 158 Å². The second-order valence-corrected chi connectivity index (χ2v) is 15.7. The Hall–Kier alpha value is -1.21. The summed E-state index contributed by atoms with van der Waals surface area (Å²) in [6.07, 6.45) is 3.22. The third-order valence-electron chi connectivity index (χ3n) is 14.0. The van der Waals surface area contributed by atoms with Gasteiger partial charge < -0.3 is 44.5 Å². The number of hydrogen-bond donors (Lipinski definition) is 5. The number of ketones is 1. The molecule has 5 fully saturated rings. The van der Waals surface area contributed by atoms with Gasteiger partial charge in [-0.3, -0.25) is 4.79 Å². The number of allylic oxidation sites excluding steroid dienone is 4. The number of epoxide rings is 1. The highest BCUT2D eigenvalue weighted by Crippen LogP contribution is 2.69. The molecule has 3 aliphatic heterocycles. The first-order valence-electron chi connectivity index (χ1n) is 16.6. The lowest BCUT2D eigenvalue weighted by Crippen LogP contribution is -2.62. The zero-order chi connectivity index (χ0) is 31.6. The van der Waals surface area contributed by atoms with E-state index in [1.807, 2.05) is 19.9 Å². The lowest BCUT2D eigenvalue weighted by molar-refractivity contribution is -0.356. The maximum Gasteiger partial charge on any atom is 0.192 e. The minimum atomic E-state index is -1.57. The molecule has 5 N–H and O–H groups in total. The summed E-state index contributed by atoms with van der Waals surface area (Å²) < 4.78 is 24.6. The van der Waals surface area contributed by atoms with Gasteiger partial charge in [-0.15, -0.1) is 0 Å². The number of fused-ring (bicyclic) bond motifs is 6. The summed E-state index contributed by atoms with van der Waals surface area (Å²) in [7, 11) is 0. The van der Waals surface area contributed by atoms with E-state index in [1.165, 1.54) is 5.57 Å². The van der Waals surface area contributed by atoms with Crippen molar-refractivity contribution < 1.29 is 49.3 Å². The molecule has 16 atom stereocenters. The first-order chi connectivity index (χ1) is 20.6. The van der Waals surface area contributed by atoms with E-state index in [0.717, 1.165) is 32.1 Å². The zero-order valence-electron chi connectivity index (χ0n) is 26.5. The summed E-state index contributed by atoms with van der Waals surface area (Å²) in [6, 6.07) is 0. The van der Waals surface area contributed by atoms with Crippen molar-refractivity contribution in [2.45, 2.75) is 139 Å². The molecule has 0 bridgehead atoms. The molecule has 0 aromatic rings. The predicted molar refractivity (Wildman–Crippen MR) is 157 cm³/mol. The van der Waals surface area contributed by atoms with Gasteiger partial charge in [0.1, 0.15) is 35.6 Å². The lowest BCUT2D eigenvalue weighted by atomic mass is 9.46. The predicted octanol–water partition coefficient (Wildman–Crippen LogP) is 2.14. The van der Waals surface area contributed by atoms with Crippen molar-refractivity contribution in [3.63, 3.8) is 0 Å². The maximum atomic E-state index is 13.3. The largest absolute Gasteiger partial charge is 0.394 e. The van der Waals surface area contributed by atoms with E-state index in [0.29, 0.717) is 18.8 Å². The van der Waals surface area contributed by atoms with E-state index in [9.17, 15) is 30.3 Å². The van der Waals surface area contributed by atoms with Crippen LogP contribution in [0.2, 0.25) is 0 Å². The molecular formula is C34H50O10. The number of aliphatic hydroxyl groups is 5. The Morgan fingerprint density at radius 2 is 1.75 bits per heavy atom. The fourth-order valence-electron chi connectivity index (χ4n) is 10.7. The minimum absolute atomic E-state index is 0.219. The van der Waals surface area contributed by atoms with Crippen LogP contribution in [0.1, 0.15) is 79.6 Å². The van der Waals surface area contributed by atoms with Crippen LogP contribution in [0.15, 0.2) is 23.8 Å². The molecule has 44 heavy (non-hydrogen) atoms. The summed E-state index contributed by atoms with van der Waals surface area (Å²) >= 11 is 0. The zero-order valence-corrected chi connectivity index (χ0v) is 26.5. The number of aliphatic hydroxyl groups excluding tert-OH is 4. The van der Waals surface area contributed by atoms with E-state index in [4.69, 9.17) is 18.9 Å². The van der Waals surface area contributed by atoms with Gasteiger partial charge in [0.2, 0.25) is 0 Å². The number of carbonyl (C=O) groups is 1. The Morgan fingerprint density at radius 1 is 1.02 bits per heavy atom. The molecule has 10 heteroatoms. The summed E-state index contributed by atoms with van der Waals surface area (Å²) in [5, 5.41) is 53.5. The quantitative estimate of drug-likeness (QED) is 0.228. The summed E-state index contributed by atoms with van der Waals surface area (Å²) in [5.41, 5.74) is -1.99. The number of carbonyl (C=O) groups excluding carboxylic acids is 1. The number of hydrogen-bond acceptors (Lipinski definition) is 10. The number of rotatable bonds is 5. The van der Waals surface area contributed by atoms with Crippen LogP contribution in [-0.4, -0.2) is 97.8 Å². The van der Waals surface area contributed by atoms with Crippen LogP contribution in [0.5, 0.6) is 0 Å². The maximum absolute atomic E-state index is 13.3. The van der Waals surface area contributed by atoms with Gasteiger partial charge in [-0.25, -0.2) is 0 Å². The van der Waals surface area contributed by atoms with Crippen molar-refractivity contribution >= 4 is 5.78 Å². The van der Waals surface area contributed by atoms with E-state index in [2.05, 4.69) is 26.8 Å². The second kappa shape index (κ2) is 10.1. The summed E-state index contributed by atoms with van der Waals surface area (Å²) in [6.45, 7) is 9.75. The number of ether oxygens (including phenoxy) is 4. The van der Waals surface area contributed by atoms with Gasteiger partial charge in [-0.1, -0.05) is 31.6 Å². The molecule has 3 saturated heterocycles. The van der Waals surface area contributed by atoms with Crippen LogP contribution >= 0.6 is 0 Å². The molecule has 246 valence electrons. The average Bonchev–Trinajstić information content (AvgIpc) is 3.46. The molecule has 4 aliphatic carbocycles. The van der Waals surface area contributed by atoms with Gasteiger partial charge in [0.05, 0.1) is 23.7 Å². The second-order valence-electron chi connectivity index (χ2n) is 15.7. The van der Waals surface area contributed by atoms with Crippen LogP contribution in [0.25, 0.3) is 0 Å². The van der Waals surface area contributed by atoms with Crippen LogP contribution in [-0.2, 0) is 23.7 Å². The van der Waals surface area contributed by atoms with Gasteiger partial charge in [0, 0.05) is 12.3 Å². The first kappa shape index (κ1) is 31.4. The van der Waals surface area contributed by atoms with E-state index in [-0.39, 0.29) is 29.0 Å². The summed E-state index contributed by atoms with van der Waals surface area (Å²) in [4.78, 5) is 13.3. The molecule has 0 aromatic carbocycles. The van der Waals surface area contributed by atoms with Crippen molar-refractivity contribution in [1.82, 2.24) is 0 Å². The van der Waals surface area contributed by atoms with Gasteiger partial charge in [-0.2, -0.15) is 0 Å². The smallest absolute Gasteiger partial charge is 0.192 e. The van der Waals surface area contributed by atoms with Gasteiger partial charge in [0.15, 0.2) is 18.4 Å². The van der Waals surface area contributed by atoms with Crippen molar-refractivity contribution in [1.29, 1.82) is 0 Å². The molecule has 0 spiro atoms. The molecule has 0 aromatic heterocycles. The van der Waals surface area contributed by atoms with Crippen molar-refractivity contribution in [2.24, 2.45) is 34.5 Å². The standard InChI is InChI=1S/C34H50O10/c1-17(22-15-31(3)33(5,44-31)29(42-22)43-28-27(39)26(38)25(37)23(16-35)41-28)34(40)14-12-20-19-10-9-18-7-6-8-24(36)32(18,4)21(19)11-13-30(20,34)2/h6,8-9,17,19-23,25-29,35,37-40H,7,10-16H2,1-5H3/t17-,19+,20+,21+,22-,23-,25-,26+,27-,28+,29-,30+,31+,32+,33+,34+/m1/s1. The van der Waals surface area contributed by atoms with E-state index in [1.54, 1.807) is 6.08 Å². The average molecular weight is 619 g/mol. The van der Waals surface area contributed by atoms with Crippen LogP contribution < -0.4 is 0 Å². The van der Waals surface area contributed by atoms with Crippen molar-refractivity contribution in [2.75, 3.05) is 6.61 Å². The molecule has 0 amide bonds. The highest BCUT2D eigenvalue weighted by Gasteiger charge is 2.75. The van der Waals surface area contributed by atoms with Crippen molar-refractivity contribution in [3.8, 4) is 0 Å². The molecule has 7 aliphatic rings. The lowest BCUT2D eigenvalue weighted by Gasteiger charge is -2.59.